The van der Waals surface area contributed by atoms with Crippen LogP contribution in [-0.2, 0) is 10.0 Å². The number of sulfonamides is 1. The largest absolute Gasteiger partial charge is 0.497 e. The van der Waals surface area contributed by atoms with Crippen molar-refractivity contribution in [2.75, 3.05) is 36.9 Å². The molecule has 1 fully saturated rings. The normalized spacial score (nSPS) is 13.8. The molecule has 0 bridgehead atoms. The summed E-state index contributed by atoms with van der Waals surface area (Å²) in [6, 6.07) is 15.5. The summed E-state index contributed by atoms with van der Waals surface area (Å²) in [4.78, 5) is 2.26. The smallest absolute Gasteiger partial charge is 0.265 e. The molecule has 0 amide bonds. The Kier molecular flexibility index (Phi) is 5.94. The van der Waals surface area contributed by atoms with Gasteiger partial charge in [0, 0.05) is 30.4 Å². The molecule has 0 unspecified atom stereocenters. The van der Waals surface area contributed by atoms with Gasteiger partial charge in [0.2, 0.25) is 0 Å². The van der Waals surface area contributed by atoms with Crippen molar-refractivity contribution in [2.45, 2.75) is 17.7 Å². The number of benzene rings is 2. The average Bonchev–Trinajstić information content (AvgIpc) is 3.34. The SMILES string of the molecule is COc1ccc(S(=O)(=O)Nc2ccc(-c3ccc(N4CCCC4)nn3)cc2)c(OC)c1. The molecule has 1 aromatic heterocycles. The fourth-order valence-electron chi connectivity index (χ4n) is 3.51. The maximum atomic E-state index is 12.8. The van der Waals surface area contributed by atoms with Crippen LogP contribution >= 0.6 is 0 Å². The molecule has 4 rings (SSSR count). The van der Waals surface area contributed by atoms with Crippen LogP contribution in [0.2, 0.25) is 0 Å². The van der Waals surface area contributed by atoms with Crippen molar-refractivity contribution in [3.8, 4) is 22.8 Å². The number of anilines is 2. The minimum atomic E-state index is -3.84. The first-order valence-electron chi connectivity index (χ1n) is 9.94. The summed E-state index contributed by atoms with van der Waals surface area (Å²) in [7, 11) is -0.915. The predicted molar refractivity (Wildman–Crippen MR) is 119 cm³/mol. The van der Waals surface area contributed by atoms with Gasteiger partial charge in [0.1, 0.15) is 16.4 Å². The van der Waals surface area contributed by atoms with Crippen molar-refractivity contribution in [2.24, 2.45) is 0 Å². The van der Waals surface area contributed by atoms with Gasteiger partial charge in [-0.2, -0.15) is 0 Å². The lowest BCUT2D eigenvalue weighted by atomic mass is 10.1. The van der Waals surface area contributed by atoms with E-state index >= 15 is 0 Å². The summed E-state index contributed by atoms with van der Waals surface area (Å²) in [5, 5.41) is 8.66. The van der Waals surface area contributed by atoms with Crippen LogP contribution in [0, 0.1) is 0 Å². The standard InChI is InChI=1S/C22H24N4O4S/c1-29-18-9-11-21(20(15-18)30-2)31(27,28)25-17-7-5-16(6-8-17)19-10-12-22(24-23-19)26-13-3-4-14-26/h5-12,15,25H,3-4,13-14H2,1-2H3. The highest BCUT2D eigenvalue weighted by molar-refractivity contribution is 7.92. The van der Waals surface area contributed by atoms with Crippen LogP contribution in [-0.4, -0.2) is 45.9 Å². The van der Waals surface area contributed by atoms with Crippen molar-refractivity contribution < 1.29 is 17.9 Å². The Balaban J connectivity index is 1.50. The van der Waals surface area contributed by atoms with E-state index in [9.17, 15) is 8.42 Å². The number of hydrogen-bond acceptors (Lipinski definition) is 7. The van der Waals surface area contributed by atoms with Crippen molar-refractivity contribution in [3.05, 3.63) is 54.6 Å². The fourth-order valence-corrected chi connectivity index (χ4v) is 4.72. The van der Waals surface area contributed by atoms with Crippen LogP contribution in [0.1, 0.15) is 12.8 Å². The van der Waals surface area contributed by atoms with Crippen LogP contribution in [0.25, 0.3) is 11.3 Å². The number of rotatable bonds is 7. The second-order valence-electron chi connectivity index (χ2n) is 7.17. The molecule has 0 spiro atoms. The zero-order valence-electron chi connectivity index (χ0n) is 17.4. The minimum absolute atomic E-state index is 0.0308. The van der Waals surface area contributed by atoms with E-state index in [4.69, 9.17) is 9.47 Å². The summed E-state index contributed by atoms with van der Waals surface area (Å²) in [5.74, 6) is 1.60. The first kappa shape index (κ1) is 20.9. The van der Waals surface area contributed by atoms with E-state index in [1.807, 2.05) is 24.3 Å². The van der Waals surface area contributed by atoms with Gasteiger partial charge in [0.25, 0.3) is 10.0 Å². The molecule has 1 saturated heterocycles. The quantitative estimate of drug-likeness (QED) is 0.600. The average molecular weight is 441 g/mol. The molecule has 0 saturated carbocycles. The maximum absolute atomic E-state index is 12.8. The van der Waals surface area contributed by atoms with Gasteiger partial charge in [-0.1, -0.05) is 12.1 Å². The number of aromatic nitrogens is 2. The van der Waals surface area contributed by atoms with E-state index in [1.165, 1.54) is 39.2 Å². The highest BCUT2D eigenvalue weighted by Gasteiger charge is 2.20. The number of methoxy groups -OCH3 is 2. The van der Waals surface area contributed by atoms with Crippen LogP contribution in [0.3, 0.4) is 0 Å². The van der Waals surface area contributed by atoms with Crippen molar-refractivity contribution in [3.63, 3.8) is 0 Å². The second kappa shape index (κ2) is 8.81. The molecule has 2 heterocycles. The topological polar surface area (TPSA) is 93.7 Å². The Morgan fingerprint density at radius 3 is 2.26 bits per heavy atom. The Hall–Kier alpha value is -3.33. The fraction of sp³-hybridized carbons (Fsp3) is 0.273. The van der Waals surface area contributed by atoms with Gasteiger partial charge in [-0.25, -0.2) is 8.42 Å². The number of hydrogen-bond donors (Lipinski definition) is 1. The Labute approximate surface area is 181 Å². The Morgan fingerprint density at radius 2 is 1.65 bits per heavy atom. The van der Waals surface area contributed by atoms with Gasteiger partial charge < -0.3 is 14.4 Å². The highest BCUT2D eigenvalue weighted by atomic mass is 32.2. The number of nitrogens with one attached hydrogen (secondary N) is 1. The molecule has 2 aromatic carbocycles. The molecular formula is C22H24N4O4S. The molecule has 0 atom stereocenters. The van der Waals surface area contributed by atoms with Gasteiger partial charge in [-0.3, -0.25) is 4.72 Å². The van der Waals surface area contributed by atoms with Crippen molar-refractivity contribution in [1.82, 2.24) is 10.2 Å². The van der Waals surface area contributed by atoms with Gasteiger partial charge in [-0.05, 0) is 49.2 Å². The molecule has 9 heteroatoms. The molecule has 1 aliphatic rings. The van der Waals surface area contributed by atoms with E-state index in [0.29, 0.717) is 11.4 Å². The number of nitrogens with zero attached hydrogens (tertiary/aromatic N) is 3. The van der Waals surface area contributed by atoms with Crippen LogP contribution < -0.4 is 19.1 Å². The molecule has 0 aliphatic carbocycles. The molecule has 1 N–H and O–H groups in total. The van der Waals surface area contributed by atoms with Crippen LogP contribution in [0.4, 0.5) is 11.5 Å². The molecule has 8 nitrogen and oxygen atoms in total. The summed E-state index contributed by atoms with van der Waals surface area (Å²) in [5.41, 5.74) is 2.02. The molecule has 1 aliphatic heterocycles. The third kappa shape index (κ3) is 4.56. The first-order valence-corrected chi connectivity index (χ1v) is 11.4. The van der Waals surface area contributed by atoms with E-state index < -0.39 is 10.0 Å². The van der Waals surface area contributed by atoms with Gasteiger partial charge in [0.15, 0.2) is 5.82 Å². The summed E-state index contributed by atoms with van der Waals surface area (Å²) in [6.07, 6.45) is 2.37. The van der Waals surface area contributed by atoms with Crippen LogP contribution in [0.5, 0.6) is 11.5 Å². The molecular weight excluding hydrogens is 416 g/mol. The monoisotopic (exact) mass is 440 g/mol. The van der Waals surface area contributed by atoms with E-state index in [-0.39, 0.29) is 10.6 Å². The third-order valence-corrected chi connectivity index (χ3v) is 6.59. The highest BCUT2D eigenvalue weighted by Crippen LogP contribution is 2.30. The second-order valence-corrected chi connectivity index (χ2v) is 8.82. The lowest BCUT2D eigenvalue weighted by molar-refractivity contribution is 0.386. The van der Waals surface area contributed by atoms with Gasteiger partial charge >= 0.3 is 0 Å². The van der Waals surface area contributed by atoms with Gasteiger partial charge in [-0.15, -0.1) is 10.2 Å². The zero-order chi connectivity index (χ0) is 21.8. The molecule has 0 radical (unpaired) electrons. The van der Waals surface area contributed by atoms with E-state index in [2.05, 4.69) is 19.8 Å². The van der Waals surface area contributed by atoms with E-state index in [0.717, 1.165) is 30.2 Å². The Morgan fingerprint density at radius 1 is 0.903 bits per heavy atom. The summed E-state index contributed by atoms with van der Waals surface area (Å²) in [6.45, 7) is 2.03. The maximum Gasteiger partial charge on any atom is 0.265 e. The first-order chi connectivity index (χ1) is 15.0. The lowest BCUT2D eigenvalue weighted by Crippen LogP contribution is -2.19. The van der Waals surface area contributed by atoms with Crippen LogP contribution in [0.15, 0.2) is 59.5 Å². The Bertz CT molecular complexity index is 1140. The minimum Gasteiger partial charge on any atom is -0.497 e. The van der Waals surface area contributed by atoms with Crippen molar-refractivity contribution >= 4 is 21.5 Å². The summed E-state index contributed by atoms with van der Waals surface area (Å²) >= 11 is 0. The van der Waals surface area contributed by atoms with E-state index in [1.54, 1.807) is 18.2 Å². The predicted octanol–water partition coefficient (Wildman–Crippen LogP) is 3.56. The third-order valence-electron chi connectivity index (χ3n) is 5.17. The molecule has 3 aromatic rings. The molecule has 31 heavy (non-hydrogen) atoms. The summed E-state index contributed by atoms with van der Waals surface area (Å²) < 4.78 is 38.6. The molecule has 162 valence electrons. The van der Waals surface area contributed by atoms with Gasteiger partial charge in [0.05, 0.1) is 19.9 Å². The zero-order valence-corrected chi connectivity index (χ0v) is 18.2. The number of ether oxygens (including phenoxy) is 2. The van der Waals surface area contributed by atoms with Crippen molar-refractivity contribution in [1.29, 1.82) is 0 Å². The lowest BCUT2D eigenvalue weighted by Gasteiger charge is -2.15.